The molecule has 0 aliphatic heterocycles. The molecule has 5 heteroatoms. The number of nitrogens with one attached hydrogen (secondary N) is 1. The van der Waals surface area contributed by atoms with E-state index in [2.05, 4.69) is 15.3 Å². The Kier molecular flexibility index (Phi) is 4.39. The number of hydrogen-bond acceptors (Lipinski definition) is 3. The smallest absolute Gasteiger partial charge is 0.222 e. The number of halogens is 2. The van der Waals surface area contributed by atoms with Crippen molar-refractivity contribution in [3.63, 3.8) is 0 Å². The van der Waals surface area contributed by atoms with Gasteiger partial charge in [-0.3, -0.25) is 0 Å². The SMILES string of the molecule is Cc1ccnc(NCCc2ccc(Cl)cc2Cl)n1. The number of aromatic nitrogens is 2. The predicted octanol–water partition coefficient (Wildman–Crippen LogP) is 3.75. The quantitative estimate of drug-likeness (QED) is 0.928. The van der Waals surface area contributed by atoms with E-state index in [1.54, 1.807) is 12.3 Å². The van der Waals surface area contributed by atoms with Crippen LogP contribution >= 0.6 is 23.2 Å². The molecule has 0 saturated carbocycles. The number of nitrogens with zero attached hydrogens (tertiary/aromatic N) is 2. The average Bonchev–Trinajstić information content (AvgIpc) is 2.32. The zero-order chi connectivity index (χ0) is 13.0. The molecule has 2 rings (SSSR count). The van der Waals surface area contributed by atoms with Crippen molar-refractivity contribution in [2.75, 3.05) is 11.9 Å². The molecule has 2 aromatic rings. The molecule has 0 saturated heterocycles. The maximum Gasteiger partial charge on any atom is 0.222 e. The van der Waals surface area contributed by atoms with E-state index >= 15 is 0 Å². The summed E-state index contributed by atoms with van der Waals surface area (Å²) in [5.74, 6) is 0.639. The standard InChI is InChI=1S/C13H13Cl2N3/c1-9-4-6-16-13(18-9)17-7-5-10-2-3-11(14)8-12(10)15/h2-4,6,8H,5,7H2,1H3,(H,16,17,18). The minimum atomic E-state index is 0.639. The van der Waals surface area contributed by atoms with Gasteiger partial charge in [-0.1, -0.05) is 29.3 Å². The fourth-order valence-electron chi connectivity index (χ4n) is 1.57. The van der Waals surface area contributed by atoms with E-state index in [4.69, 9.17) is 23.2 Å². The molecule has 0 bridgehead atoms. The van der Waals surface area contributed by atoms with Gasteiger partial charge in [0.25, 0.3) is 0 Å². The van der Waals surface area contributed by atoms with Crippen molar-refractivity contribution < 1.29 is 0 Å². The van der Waals surface area contributed by atoms with E-state index in [9.17, 15) is 0 Å². The van der Waals surface area contributed by atoms with Gasteiger partial charge in [-0.25, -0.2) is 9.97 Å². The van der Waals surface area contributed by atoms with E-state index in [1.807, 2.05) is 25.1 Å². The Morgan fingerprint density at radius 3 is 2.78 bits per heavy atom. The van der Waals surface area contributed by atoms with Crippen molar-refractivity contribution in [2.24, 2.45) is 0 Å². The molecule has 1 N–H and O–H groups in total. The van der Waals surface area contributed by atoms with Crippen LogP contribution in [0.15, 0.2) is 30.5 Å². The summed E-state index contributed by atoms with van der Waals surface area (Å²) in [5, 5.41) is 4.50. The molecule has 1 aromatic carbocycles. The van der Waals surface area contributed by atoms with Crippen molar-refractivity contribution >= 4 is 29.2 Å². The molecule has 0 fully saturated rings. The van der Waals surface area contributed by atoms with Gasteiger partial charge in [0.2, 0.25) is 5.95 Å². The summed E-state index contributed by atoms with van der Waals surface area (Å²) in [6.07, 6.45) is 2.53. The molecule has 0 spiro atoms. The van der Waals surface area contributed by atoms with Crippen LogP contribution < -0.4 is 5.32 Å². The summed E-state index contributed by atoms with van der Waals surface area (Å²) >= 11 is 11.9. The number of benzene rings is 1. The third-order valence-electron chi connectivity index (χ3n) is 2.49. The highest BCUT2D eigenvalue weighted by Crippen LogP contribution is 2.21. The van der Waals surface area contributed by atoms with Gasteiger partial charge < -0.3 is 5.32 Å². The molecule has 0 radical (unpaired) electrons. The first-order chi connectivity index (χ1) is 8.65. The highest BCUT2D eigenvalue weighted by molar-refractivity contribution is 6.35. The predicted molar refractivity (Wildman–Crippen MR) is 75.4 cm³/mol. The zero-order valence-electron chi connectivity index (χ0n) is 9.95. The Morgan fingerprint density at radius 1 is 1.22 bits per heavy atom. The Hall–Kier alpha value is -1.32. The van der Waals surface area contributed by atoms with E-state index in [-0.39, 0.29) is 0 Å². The van der Waals surface area contributed by atoms with Crippen LogP contribution in [0.2, 0.25) is 10.0 Å². The van der Waals surface area contributed by atoms with Gasteiger partial charge in [0.05, 0.1) is 0 Å². The van der Waals surface area contributed by atoms with Crippen LogP contribution in [0.4, 0.5) is 5.95 Å². The summed E-state index contributed by atoms with van der Waals surface area (Å²) in [4.78, 5) is 8.40. The topological polar surface area (TPSA) is 37.8 Å². The van der Waals surface area contributed by atoms with Crippen molar-refractivity contribution in [2.45, 2.75) is 13.3 Å². The Morgan fingerprint density at radius 2 is 2.06 bits per heavy atom. The number of hydrogen-bond donors (Lipinski definition) is 1. The van der Waals surface area contributed by atoms with Crippen LogP contribution in [0, 0.1) is 6.92 Å². The Balaban J connectivity index is 1.92. The molecule has 0 amide bonds. The first-order valence-electron chi connectivity index (χ1n) is 5.62. The van der Waals surface area contributed by atoms with Gasteiger partial charge in [0, 0.05) is 28.5 Å². The second kappa shape index (κ2) is 6.03. The molecular formula is C13H13Cl2N3. The third-order valence-corrected chi connectivity index (χ3v) is 3.07. The molecule has 0 unspecified atom stereocenters. The van der Waals surface area contributed by atoms with Gasteiger partial charge in [-0.2, -0.15) is 0 Å². The Labute approximate surface area is 116 Å². The highest BCUT2D eigenvalue weighted by atomic mass is 35.5. The van der Waals surface area contributed by atoms with E-state index in [1.165, 1.54) is 0 Å². The fraction of sp³-hybridized carbons (Fsp3) is 0.231. The minimum Gasteiger partial charge on any atom is -0.354 e. The summed E-state index contributed by atoms with van der Waals surface area (Å²) in [5.41, 5.74) is 2.00. The minimum absolute atomic E-state index is 0.639. The maximum atomic E-state index is 6.09. The van der Waals surface area contributed by atoms with Crippen LogP contribution in [0.25, 0.3) is 0 Å². The van der Waals surface area contributed by atoms with Gasteiger partial charge in [0.15, 0.2) is 0 Å². The van der Waals surface area contributed by atoms with Crippen LogP contribution in [0.1, 0.15) is 11.3 Å². The lowest BCUT2D eigenvalue weighted by molar-refractivity contribution is 0.974. The first-order valence-corrected chi connectivity index (χ1v) is 6.38. The fourth-order valence-corrected chi connectivity index (χ4v) is 2.07. The van der Waals surface area contributed by atoms with Crippen molar-refractivity contribution in [1.82, 2.24) is 9.97 Å². The summed E-state index contributed by atoms with van der Waals surface area (Å²) in [7, 11) is 0. The highest BCUT2D eigenvalue weighted by Gasteiger charge is 2.02. The molecule has 1 heterocycles. The van der Waals surface area contributed by atoms with E-state index in [0.717, 1.165) is 24.2 Å². The lowest BCUT2D eigenvalue weighted by Crippen LogP contribution is -2.08. The average molecular weight is 282 g/mol. The second-order valence-corrected chi connectivity index (χ2v) is 4.78. The molecule has 94 valence electrons. The summed E-state index contributed by atoms with van der Waals surface area (Å²) < 4.78 is 0. The van der Waals surface area contributed by atoms with Gasteiger partial charge >= 0.3 is 0 Å². The number of aryl methyl sites for hydroxylation is 1. The number of anilines is 1. The van der Waals surface area contributed by atoms with Crippen molar-refractivity contribution in [3.05, 3.63) is 51.8 Å². The molecule has 0 aliphatic rings. The molecular weight excluding hydrogens is 269 g/mol. The van der Waals surface area contributed by atoms with Gasteiger partial charge in [-0.15, -0.1) is 0 Å². The monoisotopic (exact) mass is 281 g/mol. The third kappa shape index (κ3) is 3.59. The van der Waals surface area contributed by atoms with E-state index < -0.39 is 0 Å². The maximum absolute atomic E-state index is 6.09. The van der Waals surface area contributed by atoms with Crippen LogP contribution in [0.5, 0.6) is 0 Å². The largest absolute Gasteiger partial charge is 0.354 e. The normalized spacial score (nSPS) is 10.4. The lowest BCUT2D eigenvalue weighted by atomic mass is 10.1. The van der Waals surface area contributed by atoms with Crippen LogP contribution in [0.3, 0.4) is 0 Å². The number of rotatable bonds is 4. The molecule has 3 nitrogen and oxygen atoms in total. The molecule has 18 heavy (non-hydrogen) atoms. The second-order valence-electron chi connectivity index (χ2n) is 3.93. The van der Waals surface area contributed by atoms with Gasteiger partial charge in [-0.05, 0) is 37.1 Å². The summed E-state index contributed by atoms with van der Waals surface area (Å²) in [6, 6.07) is 7.39. The van der Waals surface area contributed by atoms with Crippen LogP contribution in [-0.4, -0.2) is 16.5 Å². The van der Waals surface area contributed by atoms with Crippen molar-refractivity contribution in [3.8, 4) is 0 Å². The Bertz CT molecular complexity index is 544. The lowest BCUT2D eigenvalue weighted by Gasteiger charge is -2.07. The van der Waals surface area contributed by atoms with E-state index in [0.29, 0.717) is 16.0 Å². The molecule has 0 aliphatic carbocycles. The first kappa shape index (κ1) is 13.1. The molecule has 1 aromatic heterocycles. The summed E-state index contributed by atoms with van der Waals surface area (Å²) in [6.45, 7) is 2.66. The molecule has 0 atom stereocenters. The van der Waals surface area contributed by atoms with Crippen molar-refractivity contribution in [1.29, 1.82) is 0 Å². The van der Waals surface area contributed by atoms with Crippen LogP contribution in [-0.2, 0) is 6.42 Å². The zero-order valence-corrected chi connectivity index (χ0v) is 11.5. The van der Waals surface area contributed by atoms with Gasteiger partial charge in [0.1, 0.15) is 0 Å².